The standard InChI is InChI=1S/C21H23BrN4O4/c1-12-7-13(2)19(14(3)8-12)25-18(27)11-30-17-6-5-16(22)9-15(17)10-24-26-21(29)20(28)23-4/h5-10H,11H2,1-4H3,(H,23,28)(H,25,27)(H,26,29)/b24-10-. The molecule has 2 aromatic carbocycles. The maximum Gasteiger partial charge on any atom is 0.329 e. The van der Waals surface area contributed by atoms with Crippen LogP contribution in [-0.4, -0.2) is 37.6 Å². The molecule has 0 bridgehead atoms. The highest BCUT2D eigenvalue weighted by Crippen LogP contribution is 2.23. The lowest BCUT2D eigenvalue weighted by molar-refractivity contribution is -0.138. The minimum atomic E-state index is -0.894. The number of rotatable bonds is 6. The average Bonchev–Trinajstić information content (AvgIpc) is 2.69. The Hall–Kier alpha value is -3.20. The van der Waals surface area contributed by atoms with E-state index in [1.165, 1.54) is 13.3 Å². The van der Waals surface area contributed by atoms with E-state index in [4.69, 9.17) is 4.74 Å². The summed E-state index contributed by atoms with van der Waals surface area (Å²) in [5.74, 6) is -1.61. The molecule has 0 saturated carbocycles. The Bertz CT molecular complexity index is 981. The van der Waals surface area contributed by atoms with Crippen molar-refractivity contribution in [3.63, 3.8) is 0 Å². The number of hydrogen-bond acceptors (Lipinski definition) is 5. The fraction of sp³-hybridized carbons (Fsp3) is 0.238. The predicted molar refractivity (Wildman–Crippen MR) is 119 cm³/mol. The molecule has 2 rings (SSSR count). The first-order valence-electron chi connectivity index (χ1n) is 9.06. The second-order valence-corrected chi connectivity index (χ2v) is 7.49. The van der Waals surface area contributed by atoms with Gasteiger partial charge in [-0.3, -0.25) is 14.4 Å². The molecule has 0 radical (unpaired) electrons. The minimum Gasteiger partial charge on any atom is -0.483 e. The van der Waals surface area contributed by atoms with E-state index >= 15 is 0 Å². The van der Waals surface area contributed by atoms with Gasteiger partial charge in [0.15, 0.2) is 6.61 Å². The number of nitrogens with one attached hydrogen (secondary N) is 3. The van der Waals surface area contributed by atoms with Crippen LogP contribution in [0.25, 0.3) is 0 Å². The molecule has 0 atom stereocenters. The van der Waals surface area contributed by atoms with Crippen LogP contribution in [0.1, 0.15) is 22.3 Å². The number of nitrogens with zero attached hydrogens (tertiary/aromatic N) is 1. The Morgan fingerprint density at radius 3 is 2.37 bits per heavy atom. The van der Waals surface area contributed by atoms with Crippen LogP contribution in [0.3, 0.4) is 0 Å². The van der Waals surface area contributed by atoms with Gasteiger partial charge in [0.1, 0.15) is 5.75 Å². The van der Waals surface area contributed by atoms with Crippen molar-refractivity contribution in [1.29, 1.82) is 0 Å². The lowest BCUT2D eigenvalue weighted by Gasteiger charge is -2.14. The molecule has 0 saturated heterocycles. The maximum atomic E-state index is 12.4. The van der Waals surface area contributed by atoms with Gasteiger partial charge in [0.05, 0.1) is 6.21 Å². The van der Waals surface area contributed by atoms with E-state index in [2.05, 4.69) is 37.1 Å². The van der Waals surface area contributed by atoms with Gasteiger partial charge in [-0.2, -0.15) is 5.10 Å². The molecule has 9 heteroatoms. The van der Waals surface area contributed by atoms with E-state index in [0.717, 1.165) is 26.9 Å². The highest BCUT2D eigenvalue weighted by molar-refractivity contribution is 9.10. The summed E-state index contributed by atoms with van der Waals surface area (Å²) in [5, 5.41) is 8.82. The number of halogens is 1. The van der Waals surface area contributed by atoms with Crippen molar-refractivity contribution >= 4 is 45.6 Å². The van der Waals surface area contributed by atoms with Crippen molar-refractivity contribution in [3.8, 4) is 5.75 Å². The SMILES string of the molecule is CNC(=O)C(=O)N/N=C\c1cc(Br)ccc1OCC(=O)Nc1c(C)cc(C)cc1C. The number of hydrogen-bond donors (Lipinski definition) is 3. The van der Waals surface area contributed by atoms with Crippen LogP contribution >= 0.6 is 15.9 Å². The highest BCUT2D eigenvalue weighted by Gasteiger charge is 2.12. The molecule has 0 aliphatic carbocycles. The smallest absolute Gasteiger partial charge is 0.329 e. The minimum absolute atomic E-state index is 0.209. The molecule has 0 aromatic heterocycles. The summed E-state index contributed by atoms with van der Waals surface area (Å²) >= 11 is 3.35. The number of anilines is 1. The first-order chi connectivity index (χ1) is 14.2. The Morgan fingerprint density at radius 1 is 1.07 bits per heavy atom. The largest absolute Gasteiger partial charge is 0.483 e. The molecule has 2 aromatic rings. The zero-order chi connectivity index (χ0) is 22.3. The van der Waals surface area contributed by atoms with Gasteiger partial charge in [-0.05, 0) is 50.1 Å². The quantitative estimate of drug-likeness (QED) is 0.339. The highest BCUT2D eigenvalue weighted by atomic mass is 79.9. The molecule has 30 heavy (non-hydrogen) atoms. The van der Waals surface area contributed by atoms with Crippen molar-refractivity contribution in [2.24, 2.45) is 5.10 Å². The number of carbonyl (C=O) groups is 3. The van der Waals surface area contributed by atoms with E-state index in [-0.39, 0.29) is 12.5 Å². The zero-order valence-corrected chi connectivity index (χ0v) is 18.7. The summed E-state index contributed by atoms with van der Waals surface area (Å²) in [6.07, 6.45) is 1.33. The van der Waals surface area contributed by atoms with Crippen LogP contribution in [0.15, 0.2) is 39.9 Å². The van der Waals surface area contributed by atoms with Crippen molar-refractivity contribution in [2.75, 3.05) is 19.0 Å². The molecule has 0 fully saturated rings. The van der Waals surface area contributed by atoms with E-state index in [1.54, 1.807) is 18.2 Å². The third-order valence-electron chi connectivity index (χ3n) is 4.08. The number of aryl methyl sites for hydroxylation is 3. The molecule has 0 heterocycles. The average molecular weight is 475 g/mol. The summed E-state index contributed by atoms with van der Waals surface area (Å²) in [5.41, 5.74) is 6.47. The van der Waals surface area contributed by atoms with E-state index in [1.807, 2.05) is 32.9 Å². The van der Waals surface area contributed by atoms with Crippen molar-refractivity contribution in [3.05, 3.63) is 57.1 Å². The molecule has 8 nitrogen and oxygen atoms in total. The molecular formula is C21H23BrN4O4. The number of carbonyl (C=O) groups excluding carboxylic acids is 3. The van der Waals surface area contributed by atoms with E-state index in [0.29, 0.717) is 11.3 Å². The zero-order valence-electron chi connectivity index (χ0n) is 17.1. The summed E-state index contributed by atoms with van der Waals surface area (Å²) in [4.78, 5) is 35.0. The third kappa shape index (κ3) is 6.41. The van der Waals surface area contributed by atoms with Gasteiger partial charge in [-0.25, -0.2) is 5.43 Å². The number of likely N-dealkylation sites (N-methyl/N-ethyl adjacent to an activating group) is 1. The van der Waals surface area contributed by atoms with Crippen molar-refractivity contribution < 1.29 is 19.1 Å². The monoisotopic (exact) mass is 474 g/mol. The van der Waals surface area contributed by atoms with Gasteiger partial charge in [0.2, 0.25) is 0 Å². The summed E-state index contributed by atoms with van der Waals surface area (Å²) < 4.78 is 6.39. The fourth-order valence-electron chi connectivity index (χ4n) is 2.77. The Labute approximate surface area is 183 Å². The van der Waals surface area contributed by atoms with Gasteiger partial charge < -0.3 is 15.4 Å². The molecule has 3 N–H and O–H groups in total. The van der Waals surface area contributed by atoms with Crippen LogP contribution in [0, 0.1) is 20.8 Å². The first-order valence-corrected chi connectivity index (χ1v) is 9.85. The van der Waals surface area contributed by atoms with Gasteiger partial charge in [-0.1, -0.05) is 33.6 Å². The van der Waals surface area contributed by atoms with Gasteiger partial charge in [-0.15, -0.1) is 0 Å². The topological polar surface area (TPSA) is 109 Å². The van der Waals surface area contributed by atoms with Gasteiger partial charge in [0, 0.05) is 22.8 Å². The number of benzene rings is 2. The molecule has 0 unspecified atom stereocenters. The van der Waals surface area contributed by atoms with Crippen LogP contribution in [-0.2, 0) is 14.4 Å². The third-order valence-corrected chi connectivity index (χ3v) is 4.57. The van der Waals surface area contributed by atoms with Crippen LogP contribution < -0.4 is 20.8 Å². The van der Waals surface area contributed by atoms with E-state index < -0.39 is 11.8 Å². The van der Waals surface area contributed by atoms with Gasteiger partial charge >= 0.3 is 11.8 Å². The molecular weight excluding hydrogens is 452 g/mol. The maximum absolute atomic E-state index is 12.4. The number of hydrazone groups is 1. The summed E-state index contributed by atoms with van der Waals surface area (Å²) in [7, 11) is 1.34. The Balaban J connectivity index is 2.05. The molecule has 0 spiro atoms. The first kappa shape index (κ1) is 23.1. The second-order valence-electron chi connectivity index (χ2n) is 6.57. The van der Waals surface area contributed by atoms with Crippen molar-refractivity contribution in [1.82, 2.24) is 10.7 Å². The number of amides is 3. The van der Waals surface area contributed by atoms with Crippen LogP contribution in [0.5, 0.6) is 5.75 Å². The molecule has 0 aliphatic heterocycles. The molecule has 158 valence electrons. The normalized spacial score (nSPS) is 10.6. The Morgan fingerprint density at radius 2 is 1.73 bits per heavy atom. The molecule has 3 amide bonds. The fourth-order valence-corrected chi connectivity index (χ4v) is 3.15. The predicted octanol–water partition coefficient (Wildman–Crippen LogP) is 2.59. The second kappa shape index (κ2) is 10.5. The lowest BCUT2D eigenvalue weighted by atomic mass is 10.1. The van der Waals surface area contributed by atoms with Crippen LogP contribution in [0.2, 0.25) is 0 Å². The number of ether oxygens (including phenoxy) is 1. The summed E-state index contributed by atoms with van der Waals surface area (Å²) in [6, 6.07) is 9.13. The summed E-state index contributed by atoms with van der Waals surface area (Å²) in [6.45, 7) is 5.67. The lowest BCUT2D eigenvalue weighted by Crippen LogP contribution is -2.35. The van der Waals surface area contributed by atoms with E-state index in [9.17, 15) is 14.4 Å². The molecule has 0 aliphatic rings. The van der Waals surface area contributed by atoms with Crippen LogP contribution in [0.4, 0.5) is 5.69 Å². The Kier molecular flexibility index (Phi) is 8.11. The van der Waals surface area contributed by atoms with Crippen molar-refractivity contribution in [2.45, 2.75) is 20.8 Å². The van der Waals surface area contributed by atoms with Gasteiger partial charge in [0.25, 0.3) is 5.91 Å².